The summed E-state index contributed by atoms with van der Waals surface area (Å²) in [6.45, 7) is 0. The van der Waals surface area contributed by atoms with E-state index in [2.05, 4.69) is 154 Å². The highest BCUT2D eigenvalue weighted by Gasteiger charge is 2.17. The van der Waals surface area contributed by atoms with E-state index < -0.39 is 0 Å². The number of rotatable bonds is 3. The van der Waals surface area contributed by atoms with Gasteiger partial charge in [-0.15, -0.1) is 0 Å². The summed E-state index contributed by atoms with van der Waals surface area (Å²) in [5.41, 5.74) is 10.7. The number of hydrogen-bond acceptors (Lipinski definition) is 2. The Morgan fingerprint density at radius 1 is 0.471 bits per heavy atom. The van der Waals surface area contributed by atoms with Gasteiger partial charge < -0.3 is 9.55 Å². The van der Waals surface area contributed by atoms with E-state index in [1.807, 2.05) is 18.2 Å². The van der Waals surface area contributed by atoms with Crippen LogP contribution in [0.1, 0.15) is 0 Å². The average molecular weight is 671 g/mol. The lowest BCUT2D eigenvalue weighted by Crippen LogP contribution is -1.95. The number of aromatic amines is 1. The van der Waals surface area contributed by atoms with E-state index in [0.717, 1.165) is 55.5 Å². The quantitative estimate of drug-likeness (QED) is 0.190. The van der Waals surface area contributed by atoms with E-state index in [-0.39, 0.29) is 5.28 Å². The van der Waals surface area contributed by atoms with Gasteiger partial charge in [0.05, 0.1) is 22.2 Å². The molecule has 0 saturated heterocycles. The van der Waals surface area contributed by atoms with Gasteiger partial charge in [-0.3, -0.25) is 0 Å². The summed E-state index contributed by atoms with van der Waals surface area (Å²) < 4.78 is 2.37. The maximum absolute atomic E-state index is 6.45. The maximum atomic E-state index is 6.45. The van der Waals surface area contributed by atoms with Crippen molar-refractivity contribution >= 4 is 87.7 Å². The number of benzene rings is 8. The van der Waals surface area contributed by atoms with Crippen molar-refractivity contribution in [2.24, 2.45) is 0 Å². The Morgan fingerprint density at radius 2 is 1.18 bits per heavy atom. The van der Waals surface area contributed by atoms with Gasteiger partial charge in [0.15, 0.2) is 0 Å². The summed E-state index contributed by atoms with van der Waals surface area (Å²) in [5, 5.41) is 11.1. The van der Waals surface area contributed by atoms with E-state index in [4.69, 9.17) is 16.6 Å². The minimum absolute atomic E-state index is 0.241. The van der Waals surface area contributed by atoms with E-state index in [1.165, 1.54) is 48.7 Å². The first kappa shape index (κ1) is 28.4. The van der Waals surface area contributed by atoms with Crippen LogP contribution < -0.4 is 0 Å². The van der Waals surface area contributed by atoms with Crippen molar-refractivity contribution in [2.75, 3.05) is 0 Å². The van der Waals surface area contributed by atoms with E-state index in [9.17, 15) is 0 Å². The number of aromatic nitrogens is 4. The molecule has 5 heteroatoms. The van der Waals surface area contributed by atoms with Crippen LogP contribution in [0.25, 0.3) is 104 Å². The molecule has 0 bridgehead atoms. The summed E-state index contributed by atoms with van der Waals surface area (Å²) in [6, 6.07) is 56.4. The number of nitrogens with zero attached hydrogens (tertiary/aromatic N) is 3. The van der Waals surface area contributed by atoms with Gasteiger partial charge in [0.2, 0.25) is 5.28 Å². The summed E-state index contributed by atoms with van der Waals surface area (Å²) in [4.78, 5) is 12.9. The highest BCUT2D eigenvalue weighted by Crippen LogP contribution is 2.41. The topological polar surface area (TPSA) is 46.5 Å². The number of nitrogens with one attached hydrogen (secondary N) is 1. The van der Waals surface area contributed by atoms with E-state index in [0.29, 0.717) is 0 Å². The molecule has 0 amide bonds. The molecule has 4 nitrogen and oxygen atoms in total. The molecule has 0 saturated carbocycles. The monoisotopic (exact) mass is 670 g/mol. The Morgan fingerprint density at radius 3 is 2.10 bits per heavy atom. The lowest BCUT2D eigenvalue weighted by molar-refractivity contribution is 1.18. The molecule has 0 radical (unpaired) electrons. The van der Waals surface area contributed by atoms with Crippen LogP contribution in [0.5, 0.6) is 0 Å². The third-order valence-corrected chi connectivity index (χ3v) is 10.6. The molecule has 1 N–H and O–H groups in total. The third kappa shape index (κ3) is 4.21. The van der Waals surface area contributed by atoms with Crippen LogP contribution in [0.2, 0.25) is 5.28 Å². The Kier molecular flexibility index (Phi) is 5.98. The first-order valence-corrected chi connectivity index (χ1v) is 17.5. The van der Waals surface area contributed by atoms with Gasteiger partial charge in [0.25, 0.3) is 0 Å². The van der Waals surface area contributed by atoms with Crippen LogP contribution >= 0.6 is 11.6 Å². The van der Waals surface area contributed by atoms with Crippen LogP contribution in [0.4, 0.5) is 0 Å². The van der Waals surface area contributed by atoms with Crippen LogP contribution in [-0.4, -0.2) is 19.5 Å². The molecule has 11 rings (SSSR count). The molecule has 0 aliphatic carbocycles. The van der Waals surface area contributed by atoms with Crippen LogP contribution in [-0.2, 0) is 0 Å². The second kappa shape index (κ2) is 10.8. The van der Waals surface area contributed by atoms with Crippen molar-refractivity contribution in [1.29, 1.82) is 0 Å². The fourth-order valence-electron chi connectivity index (χ4n) is 8.25. The summed E-state index contributed by atoms with van der Waals surface area (Å²) in [7, 11) is 0. The van der Waals surface area contributed by atoms with Gasteiger partial charge in [-0.25, -0.2) is 9.97 Å². The first-order valence-electron chi connectivity index (χ1n) is 17.1. The molecule has 238 valence electrons. The minimum Gasteiger partial charge on any atom is -0.354 e. The third-order valence-electron chi connectivity index (χ3n) is 10.4. The van der Waals surface area contributed by atoms with Gasteiger partial charge in [0, 0.05) is 49.2 Å². The van der Waals surface area contributed by atoms with Crippen molar-refractivity contribution in [3.63, 3.8) is 0 Å². The number of para-hydroxylation sites is 2. The van der Waals surface area contributed by atoms with Crippen molar-refractivity contribution in [3.8, 4) is 28.1 Å². The van der Waals surface area contributed by atoms with Crippen molar-refractivity contribution in [3.05, 3.63) is 163 Å². The van der Waals surface area contributed by atoms with Gasteiger partial charge >= 0.3 is 0 Å². The Labute approximate surface area is 297 Å². The maximum Gasteiger partial charge on any atom is 0.223 e. The molecular weight excluding hydrogens is 644 g/mol. The zero-order valence-electron chi connectivity index (χ0n) is 27.2. The highest BCUT2D eigenvalue weighted by molar-refractivity contribution is 6.29. The molecule has 8 aromatic carbocycles. The Hall–Kier alpha value is -6.49. The summed E-state index contributed by atoms with van der Waals surface area (Å²) in [5.74, 6) is 0. The lowest BCUT2D eigenvalue weighted by atomic mass is 9.94. The van der Waals surface area contributed by atoms with Crippen LogP contribution in [0, 0.1) is 0 Å². The number of fused-ring (bicyclic) bond motifs is 11. The zero-order chi connectivity index (χ0) is 33.6. The molecule has 3 aromatic heterocycles. The molecule has 11 aromatic rings. The SMILES string of the molecule is Clc1nc(-c2ccc3c4ccccc4n(-c4cccc(-c5cccc6c5ccc5[nH]c7ccc8ccccc8c7c56)c4)c3c2)c2ccccc2n1. The average Bonchev–Trinajstić information content (AvgIpc) is 3.73. The molecule has 0 unspecified atom stereocenters. The molecule has 0 aliphatic rings. The van der Waals surface area contributed by atoms with Gasteiger partial charge in [-0.2, -0.15) is 0 Å². The highest BCUT2D eigenvalue weighted by atomic mass is 35.5. The van der Waals surface area contributed by atoms with Gasteiger partial charge in [0.1, 0.15) is 0 Å². The van der Waals surface area contributed by atoms with Crippen molar-refractivity contribution in [2.45, 2.75) is 0 Å². The summed E-state index contributed by atoms with van der Waals surface area (Å²) in [6.07, 6.45) is 0. The Bertz CT molecular complexity index is 3220. The number of halogens is 1. The largest absolute Gasteiger partial charge is 0.354 e. The Balaban J connectivity index is 1.14. The lowest BCUT2D eigenvalue weighted by Gasteiger charge is -2.13. The van der Waals surface area contributed by atoms with Gasteiger partial charge in [-0.05, 0) is 86.7 Å². The van der Waals surface area contributed by atoms with Crippen molar-refractivity contribution in [1.82, 2.24) is 19.5 Å². The van der Waals surface area contributed by atoms with Crippen LogP contribution in [0.3, 0.4) is 0 Å². The zero-order valence-corrected chi connectivity index (χ0v) is 28.0. The first-order chi connectivity index (χ1) is 25.2. The second-order valence-electron chi connectivity index (χ2n) is 13.2. The number of hydrogen-bond donors (Lipinski definition) is 1. The summed E-state index contributed by atoms with van der Waals surface area (Å²) >= 11 is 6.45. The van der Waals surface area contributed by atoms with E-state index >= 15 is 0 Å². The minimum atomic E-state index is 0.241. The molecule has 0 aliphatic heterocycles. The smallest absolute Gasteiger partial charge is 0.223 e. The number of H-pyrrole nitrogens is 1. The fourth-order valence-corrected chi connectivity index (χ4v) is 8.43. The normalized spacial score (nSPS) is 12.0. The van der Waals surface area contributed by atoms with Gasteiger partial charge in [-0.1, -0.05) is 115 Å². The standard InChI is InChI=1S/C46H27ClN4/c47-46-49-38-17-5-3-14-37(38)45(50-46)29-19-21-35-34-13-4-6-18-41(34)51(42(35)26-29)30-11-7-10-28(25-30)31-15-8-16-36-33(31)22-24-40-44(36)43-32-12-2-1-9-27(32)20-23-39(43)48-40/h1-26,48H. The predicted molar refractivity (Wildman–Crippen MR) is 214 cm³/mol. The molecule has 0 fully saturated rings. The molecule has 0 atom stereocenters. The molecular formula is C46H27ClN4. The van der Waals surface area contributed by atoms with Crippen molar-refractivity contribution < 1.29 is 0 Å². The second-order valence-corrected chi connectivity index (χ2v) is 13.6. The molecule has 0 spiro atoms. The molecule has 51 heavy (non-hydrogen) atoms. The van der Waals surface area contributed by atoms with E-state index in [1.54, 1.807) is 0 Å². The predicted octanol–water partition coefficient (Wildman–Crippen LogP) is 12.7. The van der Waals surface area contributed by atoms with Crippen LogP contribution in [0.15, 0.2) is 158 Å². The molecule has 3 heterocycles. The fraction of sp³-hybridized carbons (Fsp3) is 0.